The van der Waals surface area contributed by atoms with E-state index in [4.69, 9.17) is 4.42 Å². The number of hydrogen-bond acceptors (Lipinski definition) is 2. The summed E-state index contributed by atoms with van der Waals surface area (Å²) in [5, 5.41) is 0.654. The van der Waals surface area contributed by atoms with Gasteiger partial charge in [0.2, 0.25) is 0 Å². The van der Waals surface area contributed by atoms with Crippen LogP contribution in [0.15, 0.2) is 22.6 Å². The third-order valence-corrected chi connectivity index (χ3v) is 2.23. The van der Waals surface area contributed by atoms with Crippen molar-refractivity contribution in [1.82, 2.24) is 0 Å². The van der Waals surface area contributed by atoms with Crippen molar-refractivity contribution in [3.63, 3.8) is 0 Å². The fraction of sp³-hybridized carbons (Fsp3) is 0.333. The van der Waals surface area contributed by atoms with Crippen molar-refractivity contribution in [2.24, 2.45) is 0 Å². The van der Waals surface area contributed by atoms with Crippen LogP contribution in [0.2, 0.25) is 0 Å². The van der Waals surface area contributed by atoms with Crippen LogP contribution in [0.25, 0.3) is 11.0 Å². The van der Waals surface area contributed by atoms with Crippen LogP contribution in [0.3, 0.4) is 0 Å². The highest BCUT2D eigenvalue weighted by atomic mass is 19.3. The standard InChI is InChI=1S/C12H11F2O2/c1-7(2)10-6-8-4-3-5-9(11(8)15-10)16-12(13)14/h3,5-7,12H,1-2H3. The molecule has 0 N–H and O–H groups in total. The molecule has 2 nitrogen and oxygen atoms in total. The van der Waals surface area contributed by atoms with E-state index in [0.29, 0.717) is 11.0 Å². The topological polar surface area (TPSA) is 22.4 Å². The van der Waals surface area contributed by atoms with Crippen LogP contribution in [-0.4, -0.2) is 6.61 Å². The molecule has 0 aliphatic carbocycles. The first-order valence-electron chi connectivity index (χ1n) is 4.97. The number of halogens is 2. The minimum Gasteiger partial charge on any atom is -0.457 e. The minimum atomic E-state index is -2.85. The summed E-state index contributed by atoms with van der Waals surface area (Å²) >= 11 is 0. The highest BCUT2D eigenvalue weighted by Gasteiger charge is 2.14. The second-order valence-corrected chi connectivity index (χ2v) is 3.77. The largest absolute Gasteiger partial charge is 0.457 e. The molecular weight excluding hydrogens is 214 g/mol. The SMILES string of the molecule is CC(C)c1cc2[c]ccc(OC(F)F)c2o1. The lowest BCUT2D eigenvalue weighted by atomic mass is 10.1. The fourth-order valence-electron chi connectivity index (χ4n) is 1.46. The fourth-order valence-corrected chi connectivity index (χ4v) is 1.46. The number of rotatable bonds is 3. The third kappa shape index (κ3) is 2.01. The molecule has 0 saturated carbocycles. The third-order valence-electron chi connectivity index (χ3n) is 2.23. The van der Waals surface area contributed by atoms with E-state index in [9.17, 15) is 8.78 Å². The number of hydrogen-bond donors (Lipinski definition) is 0. The molecule has 0 amide bonds. The quantitative estimate of drug-likeness (QED) is 0.788. The van der Waals surface area contributed by atoms with Gasteiger partial charge in [-0.2, -0.15) is 8.78 Å². The molecule has 1 heterocycles. The Labute approximate surface area is 91.8 Å². The van der Waals surface area contributed by atoms with Crippen LogP contribution in [0.5, 0.6) is 5.75 Å². The first-order valence-corrected chi connectivity index (χ1v) is 4.97. The molecule has 0 aliphatic heterocycles. The van der Waals surface area contributed by atoms with Gasteiger partial charge >= 0.3 is 6.61 Å². The maximum Gasteiger partial charge on any atom is 0.387 e. The van der Waals surface area contributed by atoms with Crippen molar-refractivity contribution in [1.29, 1.82) is 0 Å². The van der Waals surface area contributed by atoms with Crippen LogP contribution in [0.4, 0.5) is 8.78 Å². The minimum absolute atomic E-state index is 0.0515. The van der Waals surface area contributed by atoms with E-state index in [1.54, 1.807) is 12.1 Å². The van der Waals surface area contributed by atoms with Gasteiger partial charge in [0.25, 0.3) is 0 Å². The van der Waals surface area contributed by atoms with Crippen molar-refractivity contribution in [2.75, 3.05) is 0 Å². The Balaban J connectivity index is 2.50. The van der Waals surface area contributed by atoms with Crippen LogP contribution in [0, 0.1) is 6.07 Å². The maximum absolute atomic E-state index is 12.1. The monoisotopic (exact) mass is 225 g/mol. The Hall–Kier alpha value is -1.58. The Morgan fingerprint density at radius 1 is 1.38 bits per heavy atom. The second kappa shape index (κ2) is 4.12. The van der Waals surface area contributed by atoms with E-state index in [1.165, 1.54) is 6.07 Å². The molecule has 1 radical (unpaired) electrons. The summed E-state index contributed by atoms with van der Waals surface area (Å²) in [4.78, 5) is 0. The van der Waals surface area contributed by atoms with Crippen molar-refractivity contribution >= 4 is 11.0 Å². The van der Waals surface area contributed by atoms with Crippen molar-refractivity contribution in [2.45, 2.75) is 26.4 Å². The van der Waals surface area contributed by atoms with Gasteiger partial charge in [-0.25, -0.2) is 0 Å². The van der Waals surface area contributed by atoms with E-state index in [0.717, 1.165) is 5.76 Å². The predicted molar refractivity (Wildman–Crippen MR) is 55.8 cm³/mol. The Kier molecular flexibility index (Phi) is 2.81. The molecule has 0 spiro atoms. The molecule has 0 saturated heterocycles. The van der Waals surface area contributed by atoms with Gasteiger partial charge < -0.3 is 9.15 Å². The molecule has 0 aliphatic rings. The molecule has 0 bridgehead atoms. The van der Waals surface area contributed by atoms with Gasteiger partial charge in [-0.15, -0.1) is 0 Å². The zero-order chi connectivity index (χ0) is 11.7. The lowest BCUT2D eigenvalue weighted by Crippen LogP contribution is -2.01. The van der Waals surface area contributed by atoms with Crippen LogP contribution in [-0.2, 0) is 0 Å². The van der Waals surface area contributed by atoms with Gasteiger partial charge in [0.15, 0.2) is 11.3 Å². The lowest BCUT2D eigenvalue weighted by molar-refractivity contribution is -0.0494. The molecule has 85 valence electrons. The van der Waals surface area contributed by atoms with E-state index in [1.807, 2.05) is 13.8 Å². The average Bonchev–Trinajstić information content (AvgIpc) is 2.61. The van der Waals surface area contributed by atoms with Gasteiger partial charge in [-0.05, 0) is 24.3 Å². The molecule has 2 rings (SSSR count). The average molecular weight is 225 g/mol. The number of alkyl halides is 2. The summed E-state index contributed by atoms with van der Waals surface area (Å²) in [6.45, 7) is 1.08. The van der Waals surface area contributed by atoms with Gasteiger partial charge in [-0.1, -0.05) is 13.8 Å². The highest BCUT2D eigenvalue weighted by molar-refractivity contribution is 5.83. The summed E-state index contributed by atoms with van der Waals surface area (Å²) in [5.41, 5.74) is 0.325. The first-order chi connectivity index (χ1) is 7.58. The molecule has 1 aromatic carbocycles. The molecule has 0 unspecified atom stereocenters. The smallest absolute Gasteiger partial charge is 0.387 e. The molecule has 2 aromatic rings. The van der Waals surface area contributed by atoms with Gasteiger partial charge in [0, 0.05) is 11.3 Å². The summed E-state index contributed by atoms with van der Waals surface area (Å²) < 4.78 is 34.1. The van der Waals surface area contributed by atoms with E-state index >= 15 is 0 Å². The maximum atomic E-state index is 12.1. The first kappa shape index (κ1) is 10.9. The molecule has 0 atom stereocenters. The number of fused-ring (bicyclic) bond motifs is 1. The molecule has 4 heteroatoms. The van der Waals surface area contributed by atoms with E-state index in [2.05, 4.69) is 10.8 Å². The second-order valence-electron chi connectivity index (χ2n) is 3.77. The molecular formula is C12H11F2O2. The van der Waals surface area contributed by atoms with Crippen molar-refractivity contribution < 1.29 is 17.9 Å². The van der Waals surface area contributed by atoms with Crippen LogP contribution < -0.4 is 4.74 Å². The molecule has 1 aromatic heterocycles. The van der Waals surface area contributed by atoms with E-state index in [-0.39, 0.29) is 11.7 Å². The summed E-state index contributed by atoms with van der Waals surface area (Å²) in [6.07, 6.45) is 0. The zero-order valence-electron chi connectivity index (χ0n) is 8.96. The van der Waals surface area contributed by atoms with Crippen molar-refractivity contribution in [3.05, 3.63) is 30.0 Å². The Morgan fingerprint density at radius 3 is 2.75 bits per heavy atom. The summed E-state index contributed by atoms with van der Waals surface area (Å²) in [6, 6.07) is 7.67. The normalized spacial score (nSPS) is 11.6. The Morgan fingerprint density at radius 2 is 2.12 bits per heavy atom. The van der Waals surface area contributed by atoms with Crippen molar-refractivity contribution in [3.8, 4) is 5.75 Å². The van der Waals surface area contributed by atoms with Crippen LogP contribution in [0.1, 0.15) is 25.5 Å². The van der Waals surface area contributed by atoms with Gasteiger partial charge in [-0.3, -0.25) is 0 Å². The summed E-state index contributed by atoms with van der Waals surface area (Å²) in [5.74, 6) is 0.979. The van der Waals surface area contributed by atoms with Gasteiger partial charge in [0.1, 0.15) is 5.76 Å². The Bertz CT molecular complexity index is 489. The summed E-state index contributed by atoms with van der Waals surface area (Å²) in [7, 11) is 0. The number of furan rings is 1. The van der Waals surface area contributed by atoms with Gasteiger partial charge in [0.05, 0.1) is 0 Å². The lowest BCUT2D eigenvalue weighted by Gasteiger charge is -2.04. The molecule has 0 fully saturated rings. The number of ether oxygens (including phenoxy) is 1. The zero-order valence-corrected chi connectivity index (χ0v) is 8.96. The molecule has 16 heavy (non-hydrogen) atoms. The highest BCUT2D eigenvalue weighted by Crippen LogP contribution is 2.31. The predicted octanol–water partition coefficient (Wildman–Crippen LogP) is 3.96. The number of benzene rings is 1. The van der Waals surface area contributed by atoms with Crippen LogP contribution >= 0.6 is 0 Å². The van der Waals surface area contributed by atoms with E-state index < -0.39 is 6.61 Å².